The summed E-state index contributed by atoms with van der Waals surface area (Å²) in [6.45, 7) is 5.81. The van der Waals surface area contributed by atoms with Crippen molar-refractivity contribution >= 4 is 5.91 Å². The Morgan fingerprint density at radius 1 is 1.11 bits per heavy atom. The van der Waals surface area contributed by atoms with Gasteiger partial charge in [-0.3, -0.25) is 4.79 Å². The first kappa shape index (κ1) is 14.8. The highest BCUT2D eigenvalue weighted by Crippen LogP contribution is 2.20. The molecule has 4 nitrogen and oxygen atoms in total. The summed E-state index contributed by atoms with van der Waals surface area (Å²) in [4.78, 5) is 18.3. The average Bonchev–Trinajstić information content (AvgIpc) is 2.37. The van der Waals surface area contributed by atoms with Crippen molar-refractivity contribution in [2.45, 2.75) is 25.7 Å². The molecule has 2 fully saturated rings. The molecule has 0 N–H and O–H groups in total. The second-order valence-corrected chi connectivity index (χ2v) is 6.65. The number of rotatable bonds is 4. The van der Waals surface area contributed by atoms with Crippen molar-refractivity contribution in [2.24, 2.45) is 11.8 Å². The van der Waals surface area contributed by atoms with E-state index < -0.39 is 0 Å². The molecule has 1 atom stereocenters. The molecule has 0 saturated carbocycles. The van der Waals surface area contributed by atoms with Crippen molar-refractivity contribution in [1.29, 1.82) is 0 Å². The van der Waals surface area contributed by atoms with Crippen LogP contribution in [0.25, 0.3) is 0 Å². The number of amides is 1. The fourth-order valence-electron chi connectivity index (χ4n) is 3.45. The predicted octanol–water partition coefficient (Wildman–Crippen LogP) is 1.13. The molecule has 0 bridgehead atoms. The van der Waals surface area contributed by atoms with Crippen LogP contribution >= 0.6 is 0 Å². The van der Waals surface area contributed by atoms with Gasteiger partial charge < -0.3 is 14.7 Å². The summed E-state index contributed by atoms with van der Waals surface area (Å²) < 4.78 is 0. The molecule has 1 amide bonds. The van der Waals surface area contributed by atoms with Crippen molar-refractivity contribution in [3.63, 3.8) is 0 Å². The van der Waals surface area contributed by atoms with Gasteiger partial charge in [0.05, 0.1) is 0 Å². The third-order valence-corrected chi connectivity index (χ3v) is 4.70. The van der Waals surface area contributed by atoms with Crippen molar-refractivity contribution < 1.29 is 4.79 Å². The third-order valence-electron chi connectivity index (χ3n) is 4.70. The zero-order valence-electron chi connectivity index (χ0n) is 12.8. The molecular weight excluding hydrogens is 238 g/mol. The zero-order valence-corrected chi connectivity index (χ0v) is 12.8. The lowest BCUT2D eigenvalue weighted by molar-refractivity contribution is -0.133. The highest BCUT2D eigenvalue weighted by molar-refractivity contribution is 5.76. The summed E-state index contributed by atoms with van der Waals surface area (Å²) in [6, 6.07) is 0. The fraction of sp³-hybridized carbons (Fsp3) is 0.933. The summed E-state index contributed by atoms with van der Waals surface area (Å²) >= 11 is 0. The molecule has 2 aliphatic heterocycles. The van der Waals surface area contributed by atoms with Crippen LogP contribution in [-0.2, 0) is 4.79 Å². The molecule has 0 aromatic rings. The standard InChI is InChI=1S/C15H29N3O/c1-16-8-6-13(7-9-16)10-17(2)11-14-4-5-15(19)18(3)12-14/h13-14H,4-12H2,1-3H3. The van der Waals surface area contributed by atoms with Gasteiger partial charge in [-0.2, -0.15) is 0 Å². The predicted molar refractivity (Wildman–Crippen MR) is 78.1 cm³/mol. The van der Waals surface area contributed by atoms with Crippen LogP contribution < -0.4 is 0 Å². The zero-order chi connectivity index (χ0) is 13.8. The van der Waals surface area contributed by atoms with Crippen LogP contribution in [0.1, 0.15) is 25.7 Å². The van der Waals surface area contributed by atoms with Gasteiger partial charge in [0.15, 0.2) is 0 Å². The second-order valence-electron chi connectivity index (χ2n) is 6.65. The summed E-state index contributed by atoms with van der Waals surface area (Å²) in [6.07, 6.45) is 4.48. The molecule has 1 unspecified atom stereocenters. The summed E-state index contributed by atoms with van der Waals surface area (Å²) in [7, 11) is 6.40. The maximum absolute atomic E-state index is 11.5. The lowest BCUT2D eigenvalue weighted by atomic mass is 9.94. The van der Waals surface area contributed by atoms with Crippen LogP contribution in [0.4, 0.5) is 0 Å². The van der Waals surface area contributed by atoms with Gasteiger partial charge in [-0.1, -0.05) is 0 Å². The van der Waals surface area contributed by atoms with Crippen LogP contribution in [0.3, 0.4) is 0 Å². The van der Waals surface area contributed by atoms with Crippen LogP contribution in [0.5, 0.6) is 0 Å². The molecule has 2 heterocycles. The minimum Gasteiger partial charge on any atom is -0.345 e. The smallest absolute Gasteiger partial charge is 0.222 e. The highest BCUT2D eigenvalue weighted by atomic mass is 16.2. The molecule has 4 heteroatoms. The Morgan fingerprint density at radius 3 is 2.37 bits per heavy atom. The van der Waals surface area contributed by atoms with Crippen molar-refractivity contribution in [2.75, 3.05) is 53.9 Å². The minimum absolute atomic E-state index is 0.314. The molecule has 0 aliphatic carbocycles. The number of hydrogen-bond acceptors (Lipinski definition) is 3. The first-order chi connectivity index (χ1) is 9.04. The average molecular weight is 267 g/mol. The van der Waals surface area contributed by atoms with E-state index in [1.165, 1.54) is 32.5 Å². The molecular formula is C15H29N3O. The van der Waals surface area contributed by atoms with Gasteiger partial charge in [0.1, 0.15) is 0 Å². The summed E-state index contributed by atoms with van der Waals surface area (Å²) in [5.74, 6) is 1.84. The first-order valence-electron chi connectivity index (χ1n) is 7.65. The van der Waals surface area contributed by atoms with Gasteiger partial charge in [0.2, 0.25) is 5.91 Å². The Morgan fingerprint density at radius 2 is 1.74 bits per heavy atom. The number of carbonyl (C=O) groups excluding carboxylic acids is 1. The van der Waals surface area contributed by atoms with E-state index >= 15 is 0 Å². The van der Waals surface area contributed by atoms with Gasteiger partial charge in [-0.05, 0) is 58.3 Å². The molecule has 2 saturated heterocycles. The van der Waals surface area contributed by atoms with Crippen molar-refractivity contribution in [3.05, 3.63) is 0 Å². The van der Waals surface area contributed by atoms with Crippen molar-refractivity contribution in [3.8, 4) is 0 Å². The second kappa shape index (κ2) is 6.71. The van der Waals surface area contributed by atoms with Crippen LogP contribution in [-0.4, -0.2) is 74.5 Å². The Hall–Kier alpha value is -0.610. The van der Waals surface area contributed by atoms with Gasteiger partial charge in [-0.25, -0.2) is 0 Å². The molecule has 2 aliphatic rings. The summed E-state index contributed by atoms with van der Waals surface area (Å²) in [5.41, 5.74) is 0. The lowest BCUT2D eigenvalue weighted by Gasteiger charge is -2.35. The summed E-state index contributed by atoms with van der Waals surface area (Å²) in [5, 5.41) is 0. The van der Waals surface area contributed by atoms with Crippen LogP contribution in [0.2, 0.25) is 0 Å². The number of nitrogens with zero attached hydrogens (tertiary/aromatic N) is 3. The van der Waals surface area contributed by atoms with E-state index in [9.17, 15) is 4.79 Å². The Kier molecular flexibility index (Phi) is 5.22. The third kappa shape index (κ3) is 4.46. The molecule has 0 aromatic carbocycles. The SMILES string of the molecule is CN1CCC(CN(C)CC2CCC(=O)N(C)C2)CC1. The minimum atomic E-state index is 0.314. The monoisotopic (exact) mass is 267 g/mol. The van der Waals surface area contributed by atoms with Crippen molar-refractivity contribution in [1.82, 2.24) is 14.7 Å². The Balaban J connectivity index is 1.69. The van der Waals surface area contributed by atoms with E-state index in [0.29, 0.717) is 11.8 Å². The number of likely N-dealkylation sites (tertiary alicyclic amines) is 2. The van der Waals surface area contributed by atoms with E-state index in [1.807, 2.05) is 11.9 Å². The molecule has 19 heavy (non-hydrogen) atoms. The van der Waals surface area contributed by atoms with Crippen LogP contribution in [0.15, 0.2) is 0 Å². The Bertz CT molecular complexity index is 300. The van der Waals surface area contributed by atoms with Crippen LogP contribution in [0, 0.1) is 11.8 Å². The quantitative estimate of drug-likeness (QED) is 0.764. The lowest BCUT2D eigenvalue weighted by Crippen LogP contribution is -2.42. The maximum Gasteiger partial charge on any atom is 0.222 e. The van der Waals surface area contributed by atoms with E-state index in [1.54, 1.807) is 0 Å². The van der Waals surface area contributed by atoms with E-state index in [2.05, 4.69) is 23.9 Å². The fourth-order valence-corrected chi connectivity index (χ4v) is 3.45. The number of piperidine rings is 2. The molecule has 2 rings (SSSR count). The van der Waals surface area contributed by atoms with Gasteiger partial charge >= 0.3 is 0 Å². The normalized spacial score (nSPS) is 27.3. The Labute approximate surface area is 117 Å². The number of hydrogen-bond donors (Lipinski definition) is 0. The largest absolute Gasteiger partial charge is 0.345 e. The molecule has 0 aromatic heterocycles. The first-order valence-corrected chi connectivity index (χ1v) is 7.65. The van der Waals surface area contributed by atoms with E-state index in [4.69, 9.17) is 0 Å². The molecule has 110 valence electrons. The topological polar surface area (TPSA) is 26.8 Å². The van der Waals surface area contributed by atoms with E-state index in [-0.39, 0.29) is 0 Å². The van der Waals surface area contributed by atoms with Gasteiger partial charge in [0, 0.05) is 33.1 Å². The van der Waals surface area contributed by atoms with E-state index in [0.717, 1.165) is 31.8 Å². The van der Waals surface area contributed by atoms with Gasteiger partial charge in [0.25, 0.3) is 0 Å². The highest BCUT2D eigenvalue weighted by Gasteiger charge is 2.25. The number of carbonyl (C=O) groups is 1. The maximum atomic E-state index is 11.5. The molecule has 0 spiro atoms. The molecule has 0 radical (unpaired) electrons. The van der Waals surface area contributed by atoms with Gasteiger partial charge in [-0.15, -0.1) is 0 Å².